The Bertz CT molecular complexity index is 631. The van der Waals surface area contributed by atoms with Crippen LogP contribution in [0.4, 0.5) is 14.5 Å². The lowest BCUT2D eigenvalue weighted by Gasteiger charge is -2.06. The monoisotopic (exact) mass is 334 g/mol. The van der Waals surface area contributed by atoms with Crippen LogP contribution in [0.1, 0.15) is 5.56 Å². The van der Waals surface area contributed by atoms with E-state index in [0.717, 1.165) is 18.3 Å². The first kappa shape index (κ1) is 15.0. The molecule has 0 saturated heterocycles. The molecule has 0 aliphatic heterocycles. The first-order valence-corrected chi connectivity index (χ1v) is 6.50. The van der Waals surface area contributed by atoms with Gasteiger partial charge in [-0.1, -0.05) is 40.9 Å². The highest BCUT2D eigenvalue weighted by molar-refractivity contribution is 6.41. The van der Waals surface area contributed by atoms with E-state index in [9.17, 15) is 8.78 Å². The van der Waals surface area contributed by atoms with E-state index >= 15 is 0 Å². The Morgan fingerprint density at radius 3 is 2.10 bits per heavy atom. The van der Waals surface area contributed by atoms with Crippen LogP contribution >= 0.6 is 34.8 Å². The van der Waals surface area contributed by atoms with E-state index in [-0.39, 0.29) is 15.6 Å². The lowest BCUT2D eigenvalue weighted by Crippen LogP contribution is -1.97. The van der Waals surface area contributed by atoms with Crippen LogP contribution in [0.15, 0.2) is 35.4 Å². The summed E-state index contributed by atoms with van der Waals surface area (Å²) in [7, 11) is 0. The molecule has 0 aliphatic rings. The molecule has 2 aromatic carbocycles. The second-order valence-electron chi connectivity index (χ2n) is 3.75. The number of halogens is 5. The van der Waals surface area contributed by atoms with Gasteiger partial charge in [-0.2, -0.15) is 5.10 Å². The van der Waals surface area contributed by atoms with Crippen molar-refractivity contribution >= 4 is 46.7 Å². The van der Waals surface area contributed by atoms with Crippen molar-refractivity contribution in [2.24, 2.45) is 5.10 Å². The van der Waals surface area contributed by atoms with Crippen molar-refractivity contribution in [2.45, 2.75) is 0 Å². The topological polar surface area (TPSA) is 24.4 Å². The highest BCUT2D eigenvalue weighted by atomic mass is 35.5. The molecule has 0 bridgehead atoms. The SMILES string of the molecule is Fc1cccc(F)c1C=NNc1c(Cl)cc(Cl)cc1Cl. The minimum atomic E-state index is -0.719. The fraction of sp³-hybridized carbons (Fsp3) is 0. The van der Waals surface area contributed by atoms with Crippen LogP contribution in [0.2, 0.25) is 15.1 Å². The van der Waals surface area contributed by atoms with Crippen LogP contribution in [0, 0.1) is 11.6 Å². The summed E-state index contributed by atoms with van der Waals surface area (Å²) in [6.07, 6.45) is 1.01. The van der Waals surface area contributed by atoms with Crippen molar-refractivity contribution < 1.29 is 8.78 Å². The third-order valence-electron chi connectivity index (χ3n) is 2.38. The third kappa shape index (κ3) is 3.39. The number of hydrazone groups is 1. The van der Waals surface area contributed by atoms with Gasteiger partial charge in [0.05, 0.1) is 27.5 Å². The molecule has 2 nitrogen and oxygen atoms in total. The number of hydrogen-bond donors (Lipinski definition) is 1. The van der Waals surface area contributed by atoms with Crippen molar-refractivity contribution in [3.63, 3.8) is 0 Å². The zero-order valence-electron chi connectivity index (χ0n) is 9.80. The van der Waals surface area contributed by atoms with Gasteiger partial charge in [0.1, 0.15) is 11.6 Å². The number of nitrogens with one attached hydrogen (secondary N) is 1. The Labute approximate surface area is 129 Å². The molecule has 0 aromatic heterocycles. The average molecular weight is 336 g/mol. The smallest absolute Gasteiger partial charge is 0.134 e. The molecule has 0 radical (unpaired) electrons. The van der Waals surface area contributed by atoms with Crippen LogP contribution in [-0.2, 0) is 0 Å². The number of rotatable bonds is 3. The zero-order chi connectivity index (χ0) is 14.7. The maximum Gasteiger partial charge on any atom is 0.134 e. The molecule has 104 valence electrons. The molecule has 0 heterocycles. The van der Waals surface area contributed by atoms with E-state index in [1.54, 1.807) is 0 Å². The van der Waals surface area contributed by atoms with Gasteiger partial charge in [0, 0.05) is 5.02 Å². The lowest BCUT2D eigenvalue weighted by atomic mass is 10.2. The quantitative estimate of drug-likeness (QED) is 0.592. The molecule has 0 atom stereocenters. The van der Waals surface area contributed by atoms with E-state index < -0.39 is 11.6 Å². The van der Waals surface area contributed by atoms with Gasteiger partial charge < -0.3 is 0 Å². The Kier molecular flexibility index (Phi) is 4.81. The fourth-order valence-electron chi connectivity index (χ4n) is 1.44. The number of anilines is 1. The molecule has 7 heteroatoms. The fourth-order valence-corrected chi connectivity index (χ4v) is 2.35. The first-order valence-electron chi connectivity index (χ1n) is 5.36. The Morgan fingerprint density at radius 2 is 1.55 bits per heavy atom. The summed E-state index contributed by atoms with van der Waals surface area (Å²) in [6, 6.07) is 6.47. The molecule has 0 saturated carbocycles. The van der Waals surface area contributed by atoms with Gasteiger partial charge >= 0.3 is 0 Å². The lowest BCUT2D eigenvalue weighted by molar-refractivity contribution is 0.580. The van der Waals surface area contributed by atoms with Gasteiger partial charge in [-0.15, -0.1) is 0 Å². The Morgan fingerprint density at radius 1 is 1.00 bits per heavy atom. The van der Waals surface area contributed by atoms with Gasteiger partial charge in [0.2, 0.25) is 0 Å². The minimum absolute atomic E-state index is 0.244. The summed E-state index contributed by atoms with van der Waals surface area (Å²) in [4.78, 5) is 0. The summed E-state index contributed by atoms with van der Waals surface area (Å²) in [6.45, 7) is 0. The second-order valence-corrected chi connectivity index (χ2v) is 5.00. The standard InChI is InChI=1S/C13H7Cl3F2N2/c14-7-4-9(15)13(10(16)5-7)20-19-6-8-11(17)2-1-3-12(8)18/h1-6,20H. The maximum atomic E-state index is 13.4. The molecule has 0 amide bonds. The maximum absolute atomic E-state index is 13.4. The molecule has 1 N–H and O–H groups in total. The van der Waals surface area contributed by atoms with Crippen LogP contribution in [0.5, 0.6) is 0 Å². The Hall–Kier alpha value is -1.36. The normalized spacial score (nSPS) is 11.1. The van der Waals surface area contributed by atoms with Crippen molar-refractivity contribution in [1.82, 2.24) is 0 Å². The van der Waals surface area contributed by atoms with E-state index in [0.29, 0.717) is 10.7 Å². The van der Waals surface area contributed by atoms with Crippen LogP contribution in [-0.4, -0.2) is 6.21 Å². The summed E-state index contributed by atoms with van der Waals surface area (Å²) in [5.74, 6) is -1.44. The van der Waals surface area contributed by atoms with Crippen molar-refractivity contribution in [2.75, 3.05) is 5.43 Å². The molecular formula is C13H7Cl3F2N2. The van der Waals surface area contributed by atoms with Gasteiger partial charge in [-0.3, -0.25) is 5.43 Å². The highest BCUT2D eigenvalue weighted by Gasteiger charge is 2.08. The van der Waals surface area contributed by atoms with Gasteiger partial charge in [-0.25, -0.2) is 8.78 Å². The summed E-state index contributed by atoms with van der Waals surface area (Å²) >= 11 is 17.6. The molecule has 0 aliphatic carbocycles. The van der Waals surface area contributed by atoms with Crippen LogP contribution in [0.25, 0.3) is 0 Å². The van der Waals surface area contributed by atoms with Gasteiger partial charge in [-0.05, 0) is 24.3 Å². The average Bonchev–Trinajstić information content (AvgIpc) is 2.35. The predicted octanol–water partition coefficient (Wildman–Crippen LogP) is 5.37. The first-order chi connectivity index (χ1) is 9.49. The van der Waals surface area contributed by atoms with Crippen molar-refractivity contribution in [1.29, 1.82) is 0 Å². The molecule has 2 aromatic rings. The minimum Gasteiger partial charge on any atom is -0.275 e. The van der Waals surface area contributed by atoms with Crippen LogP contribution < -0.4 is 5.43 Å². The van der Waals surface area contributed by atoms with Gasteiger partial charge in [0.15, 0.2) is 0 Å². The zero-order valence-corrected chi connectivity index (χ0v) is 12.1. The second kappa shape index (κ2) is 6.39. The predicted molar refractivity (Wildman–Crippen MR) is 79.0 cm³/mol. The van der Waals surface area contributed by atoms with E-state index in [1.807, 2.05) is 0 Å². The molecule has 2 rings (SSSR count). The summed E-state index contributed by atoms with van der Waals surface area (Å²) in [5, 5.41) is 4.58. The largest absolute Gasteiger partial charge is 0.275 e. The third-order valence-corrected chi connectivity index (χ3v) is 3.19. The van der Waals surface area contributed by atoms with Gasteiger partial charge in [0.25, 0.3) is 0 Å². The molecule has 0 fully saturated rings. The van der Waals surface area contributed by atoms with Crippen LogP contribution in [0.3, 0.4) is 0 Å². The summed E-state index contributed by atoms with van der Waals surface area (Å²) in [5.41, 5.74) is 2.56. The molecule has 0 unspecified atom stereocenters. The molecular weight excluding hydrogens is 329 g/mol. The molecule has 20 heavy (non-hydrogen) atoms. The molecule has 0 spiro atoms. The van der Waals surface area contributed by atoms with Crippen molar-refractivity contribution in [3.8, 4) is 0 Å². The number of benzene rings is 2. The van der Waals surface area contributed by atoms with E-state index in [4.69, 9.17) is 34.8 Å². The van der Waals surface area contributed by atoms with E-state index in [1.165, 1.54) is 18.2 Å². The number of hydrogen-bond acceptors (Lipinski definition) is 2. The Balaban J connectivity index is 2.23. The number of nitrogens with zero attached hydrogens (tertiary/aromatic N) is 1. The highest BCUT2D eigenvalue weighted by Crippen LogP contribution is 2.33. The van der Waals surface area contributed by atoms with E-state index in [2.05, 4.69) is 10.5 Å². The van der Waals surface area contributed by atoms with Crippen molar-refractivity contribution in [3.05, 3.63) is 62.6 Å². The summed E-state index contributed by atoms with van der Waals surface area (Å²) < 4.78 is 26.7.